The van der Waals surface area contributed by atoms with Gasteiger partial charge in [0, 0.05) is 67.1 Å². The van der Waals surface area contributed by atoms with Gasteiger partial charge >= 0.3 is 0 Å². The normalized spacial score (nSPS) is 22.0. The van der Waals surface area contributed by atoms with Crippen molar-refractivity contribution in [1.29, 1.82) is 0 Å². The molecular formula is C40H49N5O3. The van der Waals surface area contributed by atoms with Crippen molar-refractivity contribution in [2.75, 3.05) is 56.7 Å². The summed E-state index contributed by atoms with van der Waals surface area (Å²) in [7, 11) is 2.09. The summed E-state index contributed by atoms with van der Waals surface area (Å²) in [5, 5.41) is 4.51. The highest BCUT2D eigenvalue weighted by Gasteiger charge is 2.60. The molecule has 7 rings (SSSR count). The Labute approximate surface area is 284 Å². The van der Waals surface area contributed by atoms with E-state index < -0.39 is 5.54 Å². The summed E-state index contributed by atoms with van der Waals surface area (Å²) in [4.78, 5) is 39.5. The number of amides is 2. The average Bonchev–Trinajstić information content (AvgIpc) is 3.45. The van der Waals surface area contributed by atoms with Crippen LogP contribution in [0.4, 0.5) is 11.4 Å². The quantitative estimate of drug-likeness (QED) is 0.215. The summed E-state index contributed by atoms with van der Waals surface area (Å²) in [6.07, 6.45) is 1.57. The molecule has 3 fully saturated rings. The number of piperidine rings is 1. The predicted octanol–water partition coefficient (Wildman–Crippen LogP) is 6.57. The van der Waals surface area contributed by atoms with Gasteiger partial charge in [-0.25, -0.2) is 0 Å². The van der Waals surface area contributed by atoms with Gasteiger partial charge in [-0.15, -0.1) is 0 Å². The smallest absolute Gasteiger partial charge is 0.250 e. The maximum Gasteiger partial charge on any atom is 0.250 e. The van der Waals surface area contributed by atoms with Crippen LogP contribution in [-0.2, 0) is 20.9 Å². The number of carbonyl (C=O) groups excluding carboxylic acids is 2. The van der Waals surface area contributed by atoms with Crippen molar-refractivity contribution in [3.05, 3.63) is 95.7 Å². The number of fused-ring (bicyclic) bond motifs is 1. The van der Waals surface area contributed by atoms with Gasteiger partial charge in [-0.3, -0.25) is 9.59 Å². The first kappa shape index (κ1) is 32.4. The van der Waals surface area contributed by atoms with Crippen LogP contribution >= 0.6 is 0 Å². The monoisotopic (exact) mass is 647 g/mol. The van der Waals surface area contributed by atoms with Crippen LogP contribution in [0.3, 0.4) is 0 Å². The zero-order valence-corrected chi connectivity index (χ0v) is 28.8. The summed E-state index contributed by atoms with van der Waals surface area (Å²) in [5.74, 6) is 0.404. The van der Waals surface area contributed by atoms with Crippen molar-refractivity contribution in [1.82, 2.24) is 14.8 Å². The van der Waals surface area contributed by atoms with E-state index in [4.69, 9.17) is 4.74 Å². The summed E-state index contributed by atoms with van der Waals surface area (Å²) in [5.41, 5.74) is 5.56. The largest absolute Gasteiger partial charge is 0.378 e. The molecule has 3 aromatic carbocycles. The third-order valence-corrected chi connectivity index (χ3v) is 11.4. The minimum atomic E-state index is -0.965. The number of anilines is 2. The predicted molar refractivity (Wildman–Crippen MR) is 192 cm³/mol. The Morgan fingerprint density at radius 2 is 1.58 bits per heavy atom. The highest BCUT2D eigenvalue weighted by atomic mass is 16.5. The van der Waals surface area contributed by atoms with Gasteiger partial charge in [-0.1, -0.05) is 62.4 Å². The first-order valence-electron chi connectivity index (χ1n) is 17.5. The van der Waals surface area contributed by atoms with Crippen LogP contribution in [0, 0.1) is 18.3 Å². The van der Waals surface area contributed by atoms with Crippen LogP contribution in [0.15, 0.2) is 78.9 Å². The van der Waals surface area contributed by atoms with Gasteiger partial charge < -0.3 is 29.7 Å². The Morgan fingerprint density at radius 1 is 0.917 bits per heavy atom. The molecule has 252 valence electrons. The summed E-state index contributed by atoms with van der Waals surface area (Å²) < 4.78 is 5.52. The number of aromatic nitrogens is 1. The molecule has 4 aromatic rings. The fourth-order valence-corrected chi connectivity index (χ4v) is 8.37. The number of nitrogens with zero attached hydrogens (tertiary/aromatic N) is 3. The number of likely N-dealkylation sites (tertiary alicyclic amines) is 1. The van der Waals surface area contributed by atoms with Crippen molar-refractivity contribution in [3.63, 3.8) is 0 Å². The molecule has 2 N–H and O–H groups in total. The molecule has 2 saturated heterocycles. The number of ether oxygens (including phenoxy) is 1. The Balaban J connectivity index is 1.18. The lowest BCUT2D eigenvalue weighted by Gasteiger charge is -2.47. The van der Waals surface area contributed by atoms with E-state index in [1.165, 1.54) is 16.6 Å². The summed E-state index contributed by atoms with van der Waals surface area (Å²) in [6.45, 7) is 11.8. The number of aromatic amines is 1. The molecule has 8 nitrogen and oxygen atoms in total. The first-order valence-corrected chi connectivity index (χ1v) is 17.5. The van der Waals surface area contributed by atoms with E-state index in [1.54, 1.807) is 0 Å². The Morgan fingerprint density at radius 3 is 2.29 bits per heavy atom. The third kappa shape index (κ3) is 6.12. The van der Waals surface area contributed by atoms with Crippen molar-refractivity contribution in [2.45, 2.75) is 58.0 Å². The van der Waals surface area contributed by atoms with Crippen LogP contribution in [0.5, 0.6) is 0 Å². The number of morpholine rings is 1. The number of H-pyrrole nitrogens is 1. The lowest BCUT2D eigenvalue weighted by Crippen LogP contribution is -2.62. The number of rotatable bonds is 9. The Kier molecular flexibility index (Phi) is 8.81. The third-order valence-electron chi connectivity index (χ3n) is 11.4. The molecule has 48 heavy (non-hydrogen) atoms. The molecular weight excluding hydrogens is 598 g/mol. The number of hydrogen-bond acceptors (Lipinski definition) is 5. The number of nitrogens with one attached hydrogen (secondary N) is 2. The molecule has 2 aliphatic heterocycles. The fourth-order valence-electron chi connectivity index (χ4n) is 8.37. The minimum absolute atomic E-state index is 0.0335. The van der Waals surface area contributed by atoms with E-state index in [0.29, 0.717) is 25.8 Å². The molecule has 2 amide bonds. The van der Waals surface area contributed by atoms with Gasteiger partial charge in [-0.05, 0) is 85.5 Å². The average molecular weight is 648 g/mol. The van der Waals surface area contributed by atoms with Gasteiger partial charge in [0.05, 0.1) is 13.2 Å². The van der Waals surface area contributed by atoms with E-state index in [-0.39, 0.29) is 29.1 Å². The first-order chi connectivity index (χ1) is 23.2. The van der Waals surface area contributed by atoms with Gasteiger partial charge in [-0.2, -0.15) is 0 Å². The van der Waals surface area contributed by atoms with Crippen LogP contribution in [0.2, 0.25) is 0 Å². The molecule has 1 saturated carbocycles. The lowest BCUT2D eigenvalue weighted by molar-refractivity contribution is -0.150. The molecule has 0 spiro atoms. The maximum atomic E-state index is 14.8. The van der Waals surface area contributed by atoms with Crippen LogP contribution in [0.25, 0.3) is 10.9 Å². The fraction of sp³-hybridized carbons (Fsp3) is 0.450. The molecule has 0 unspecified atom stereocenters. The van der Waals surface area contributed by atoms with Crippen LogP contribution < -0.4 is 10.2 Å². The van der Waals surface area contributed by atoms with Crippen molar-refractivity contribution in [3.8, 4) is 0 Å². The number of benzene rings is 3. The van der Waals surface area contributed by atoms with E-state index in [9.17, 15) is 9.59 Å². The van der Waals surface area contributed by atoms with Gasteiger partial charge in [0.1, 0.15) is 5.54 Å². The van der Waals surface area contributed by atoms with E-state index >= 15 is 0 Å². The molecule has 2 atom stereocenters. The standard InChI is InChI=1S/C40H49N5O3/c1-28-36(32-12-8-9-13-34(32)41-28)37-33(39(37,2)3)26-35(46)45(27-29-10-6-5-7-11-29)40(18-20-43(4)21-19-40)38(47)42-30-14-16-31(17-15-30)44-22-24-48-25-23-44/h5-17,33,37,41H,18-27H2,1-4H3,(H,42,47)/t33-,37-/m1/s1. The van der Waals surface area contributed by atoms with Gasteiger partial charge in [0.15, 0.2) is 0 Å². The highest BCUT2D eigenvalue weighted by Crippen LogP contribution is 2.67. The zero-order chi connectivity index (χ0) is 33.5. The topological polar surface area (TPSA) is 80.9 Å². The van der Waals surface area contributed by atoms with Crippen LogP contribution in [0.1, 0.15) is 55.8 Å². The molecule has 0 bridgehead atoms. The van der Waals surface area contributed by atoms with E-state index in [0.717, 1.165) is 61.8 Å². The molecule has 8 heteroatoms. The second-order valence-electron chi connectivity index (χ2n) is 14.7. The summed E-state index contributed by atoms with van der Waals surface area (Å²) in [6, 6.07) is 26.7. The number of aryl methyl sites for hydroxylation is 1. The second-order valence-corrected chi connectivity index (χ2v) is 14.7. The molecule has 1 aromatic heterocycles. The zero-order valence-electron chi connectivity index (χ0n) is 28.8. The highest BCUT2D eigenvalue weighted by molar-refractivity contribution is 6.01. The number of hydrogen-bond donors (Lipinski definition) is 2. The Hall–Kier alpha value is -4.14. The molecule has 1 aliphatic carbocycles. The van der Waals surface area contributed by atoms with Crippen molar-refractivity contribution < 1.29 is 14.3 Å². The van der Waals surface area contributed by atoms with E-state index in [2.05, 4.69) is 96.5 Å². The van der Waals surface area contributed by atoms with Gasteiger partial charge in [0.2, 0.25) is 11.8 Å². The summed E-state index contributed by atoms with van der Waals surface area (Å²) >= 11 is 0. The van der Waals surface area contributed by atoms with Crippen molar-refractivity contribution >= 4 is 34.1 Å². The SMILES string of the molecule is Cc1[nH]c2ccccc2c1[C@H]1[C@@H](CC(=O)N(Cc2ccccc2)C2(C(=O)Nc3ccc(N4CCOCC4)cc3)CCN(C)CC2)C1(C)C. The molecule has 3 aliphatic rings. The minimum Gasteiger partial charge on any atom is -0.378 e. The van der Waals surface area contributed by atoms with E-state index in [1.807, 2.05) is 35.2 Å². The maximum absolute atomic E-state index is 14.8. The number of carbonyl (C=O) groups is 2. The van der Waals surface area contributed by atoms with Crippen LogP contribution in [-0.4, -0.2) is 78.6 Å². The van der Waals surface area contributed by atoms with Gasteiger partial charge in [0.25, 0.3) is 0 Å². The lowest BCUT2D eigenvalue weighted by atomic mass is 9.83. The molecule has 3 heterocycles. The number of para-hydroxylation sites is 1. The Bertz CT molecular complexity index is 1750. The van der Waals surface area contributed by atoms with Crippen molar-refractivity contribution in [2.24, 2.45) is 11.3 Å². The second kappa shape index (κ2) is 13.1. The molecule has 0 radical (unpaired) electrons.